The standard InChI is InChI=1S/C19H16N4O2/c1-25-18-5-4-13(9-17(18)24)22-19-14-10-16(12-3-2-7-20-11-12)23-15(14)6-8-21-19/h2-11,23-24H,1H3,(H,21,22). The number of ether oxygens (including phenoxy) is 1. The van der Waals surface area contributed by atoms with E-state index in [2.05, 4.69) is 20.3 Å². The van der Waals surface area contributed by atoms with Gasteiger partial charge >= 0.3 is 0 Å². The average Bonchev–Trinajstić information content (AvgIpc) is 3.08. The van der Waals surface area contributed by atoms with E-state index in [9.17, 15) is 5.11 Å². The van der Waals surface area contributed by atoms with E-state index < -0.39 is 0 Å². The van der Waals surface area contributed by atoms with Gasteiger partial charge in [0.1, 0.15) is 5.82 Å². The van der Waals surface area contributed by atoms with Crippen LogP contribution < -0.4 is 10.1 Å². The predicted molar refractivity (Wildman–Crippen MR) is 97.3 cm³/mol. The molecule has 0 aliphatic heterocycles. The van der Waals surface area contributed by atoms with Crippen molar-refractivity contribution in [1.29, 1.82) is 0 Å². The van der Waals surface area contributed by atoms with Gasteiger partial charge in [-0.2, -0.15) is 0 Å². The summed E-state index contributed by atoms with van der Waals surface area (Å²) >= 11 is 0. The summed E-state index contributed by atoms with van der Waals surface area (Å²) in [6.07, 6.45) is 5.29. The summed E-state index contributed by atoms with van der Waals surface area (Å²) in [5.74, 6) is 1.20. The van der Waals surface area contributed by atoms with E-state index in [0.717, 1.165) is 27.8 Å². The van der Waals surface area contributed by atoms with Crippen LogP contribution in [0.3, 0.4) is 0 Å². The number of pyridine rings is 2. The Balaban J connectivity index is 1.73. The third kappa shape index (κ3) is 2.85. The molecule has 0 fully saturated rings. The van der Waals surface area contributed by atoms with Gasteiger partial charge in [0.2, 0.25) is 0 Å². The van der Waals surface area contributed by atoms with Crippen molar-refractivity contribution >= 4 is 22.4 Å². The second-order valence-corrected chi connectivity index (χ2v) is 5.56. The molecule has 0 aliphatic carbocycles. The maximum absolute atomic E-state index is 9.94. The molecule has 3 N–H and O–H groups in total. The lowest BCUT2D eigenvalue weighted by atomic mass is 10.2. The fourth-order valence-corrected chi connectivity index (χ4v) is 2.74. The normalized spacial score (nSPS) is 10.8. The van der Waals surface area contributed by atoms with Crippen molar-refractivity contribution in [3.8, 4) is 22.8 Å². The molecule has 0 unspecified atom stereocenters. The first-order chi connectivity index (χ1) is 12.2. The molecule has 0 bridgehead atoms. The lowest BCUT2D eigenvalue weighted by Gasteiger charge is -2.09. The molecule has 0 saturated carbocycles. The second-order valence-electron chi connectivity index (χ2n) is 5.56. The Morgan fingerprint density at radius 2 is 2.04 bits per heavy atom. The SMILES string of the molecule is COc1ccc(Nc2nccc3[nH]c(-c4cccnc4)cc23)cc1O. The van der Waals surface area contributed by atoms with Crippen molar-refractivity contribution in [3.63, 3.8) is 0 Å². The third-order valence-electron chi connectivity index (χ3n) is 3.96. The van der Waals surface area contributed by atoms with Crippen molar-refractivity contribution in [2.45, 2.75) is 0 Å². The Kier molecular flexibility index (Phi) is 3.70. The number of aromatic amines is 1. The number of hydrogen-bond acceptors (Lipinski definition) is 5. The highest BCUT2D eigenvalue weighted by molar-refractivity contribution is 5.95. The van der Waals surface area contributed by atoms with Gasteiger partial charge in [-0.3, -0.25) is 4.98 Å². The lowest BCUT2D eigenvalue weighted by Crippen LogP contribution is -1.94. The van der Waals surface area contributed by atoms with Crippen LogP contribution in [0.5, 0.6) is 11.5 Å². The van der Waals surface area contributed by atoms with E-state index in [1.165, 1.54) is 7.11 Å². The van der Waals surface area contributed by atoms with E-state index in [1.54, 1.807) is 24.5 Å². The van der Waals surface area contributed by atoms with Gasteiger partial charge in [0.25, 0.3) is 0 Å². The minimum absolute atomic E-state index is 0.0739. The summed E-state index contributed by atoms with van der Waals surface area (Å²) in [7, 11) is 1.52. The summed E-state index contributed by atoms with van der Waals surface area (Å²) in [5, 5.41) is 14.1. The highest BCUT2D eigenvalue weighted by Gasteiger charge is 2.10. The number of phenols is 1. The van der Waals surface area contributed by atoms with Gasteiger partial charge in [0.05, 0.1) is 12.6 Å². The van der Waals surface area contributed by atoms with E-state index in [0.29, 0.717) is 11.6 Å². The molecule has 0 radical (unpaired) electrons. The van der Waals surface area contributed by atoms with Crippen LogP contribution >= 0.6 is 0 Å². The number of phenolic OH excluding ortho intramolecular Hbond substituents is 1. The maximum atomic E-state index is 9.94. The molecule has 0 atom stereocenters. The van der Waals surface area contributed by atoms with Gasteiger partial charge in [-0.05, 0) is 36.4 Å². The minimum atomic E-state index is 0.0739. The Labute approximate surface area is 144 Å². The van der Waals surface area contributed by atoms with Gasteiger partial charge in [-0.15, -0.1) is 0 Å². The molecule has 0 spiro atoms. The van der Waals surface area contributed by atoms with Crippen molar-refractivity contribution in [3.05, 3.63) is 61.1 Å². The zero-order chi connectivity index (χ0) is 17.2. The fraction of sp³-hybridized carbons (Fsp3) is 0.0526. The molecule has 25 heavy (non-hydrogen) atoms. The number of methoxy groups -OCH3 is 1. The molecule has 0 saturated heterocycles. The van der Waals surface area contributed by atoms with E-state index >= 15 is 0 Å². The first-order valence-corrected chi connectivity index (χ1v) is 7.77. The Morgan fingerprint density at radius 1 is 1.12 bits per heavy atom. The van der Waals surface area contributed by atoms with Crippen LogP contribution in [0, 0.1) is 0 Å². The Bertz CT molecular complexity index is 1030. The van der Waals surface area contributed by atoms with Crippen LogP contribution in [0.15, 0.2) is 61.1 Å². The van der Waals surface area contributed by atoms with Crippen LogP contribution in [0.2, 0.25) is 0 Å². The number of anilines is 2. The number of aromatic nitrogens is 3. The van der Waals surface area contributed by atoms with E-state index in [-0.39, 0.29) is 5.75 Å². The molecular formula is C19H16N4O2. The van der Waals surface area contributed by atoms with Crippen LogP contribution in [-0.4, -0.2) is 27.2 Å². The summed E-state index contributed by atoms with van der Waals surface area (Å²) in [6.45, 7) is 0. The average molecular weight is 332 g/mol. The Morgan fingerprint density at radius 3 is 2.80 bits per heavy atom. The molecule has 0 amide bonds. The van der Waals surface area contributed by atoms with E-state index in [1.807, 2.05) is 36.5 Å². The minimum Gasteiger partial charge on any atom is -0.504 e. The number of aromatic hydroxyl groups is 1. The number of rotatable bonds is 4. The Hall–Kier alpha value is -3.54. The summed E-state index contributed by atoms with van der Waals surface area (Å²) in [4.78, 5) is 12.0. The van der Waals surface area contributed by atoms with Gasteiger partial charge in [-0.25, -0.2) is 4.98 Å². The fourth-order valence-electron chi connectivity index (χ4n) is 2.74. The molecule has 124 valence electrons. The zero-order valence-corrected chi connectivity index (χ0v) is 13.5. The molecule has 4 aromatic rings. The largest absolute Gasteiger partial charge is 0.504 e. The van der Waals surface area contributed by atoms with Gasteiger partial charge < -0.3 is 20.1 Å². The maximum Gasteiger partial charge on any atom is 0.160 e. The third-order valence-corrected chi connectivity index (χ3v) is 3.96. The van der Waals surface area contributed by atoms with Crippen molar-refractivity contribution < 1.29 is 9.84 Å². The molecule has 1 aromatic carbocycles. The summed E-state index contributed by atoms with van der Waals surface area (Å²) < 4.78 is 5.07. The number of nitrogens with one attached hydrogen (secondary N) is 2. The number of nitrogens with zero attached hydrogens (tertiary/aromatic N) is 2. The quantitative estimate of drug-likeness (QED) is 0.524. The highest BCUT2D eigenvalue weighted by Crippen LogP contribution is 2.32. The van der Waals surface area contributed by atoms with Gasteiger partial charge in [-0.1, -0.05) is 0 Å². The molecule has 6 heteroatoms. The first kappa shape index (κ1) is 15.0. The number of H-pyrrole nitrogens is 1. The molecule has 4 rings (SSSR count). The smallest absolute Gasteiger partial charge is 0.160 e. The number of benzene rings is 1. The topological polar surface area (TPSA) is 83.1 Å². The molecule has 0 aliphatic rings. The summed E-state index contributed by atoms with van der Waals surface area (Å²) in [6, 6.07) is 13.0. The van der Waals surface area contributed by atoms with Crippen molar-refractivity contribution in [2.24, 2.45) is 0 Å². The van der Waals surface area contributed by atoms with Gasteiger partial charge in [0.15, 0.2) is 11.5 Å². The van der Waals surface area contributed by atoms with Crippen LogP contribution in [0.4, 0.5) is 11.5 Å². The van der Waals surface area contributed by atoms with Gasteiger partial charge in [0, 0.05) is 47.0 Å². The van der Waals surface area contributed by atoms with E-state index in [4.69, 9.17) is 4.74 Å². The summed E-state index contributed by atoms with van der Waals surface area (Å²) in [5.41, 5.74) is 3.67. The first-order valence-electron chi connectivity index (χ1n) is 7.77. The second kappa shape index (κ2) is 6.16. The number of fused-ring (bicyclic) bond motifs is 1. The van der Waals surface area contributed by atoms with Crippen molar-refractivity contribution in [2.75, 3.05) is 12.4 Å². The lowest BCUT2D eigenvalue weighted by molar-refractivity contribution is 0.373. The van der Waals surface area contributed by atoms with Crippen molar-refractivity contribution in [1.82, 2.24) is 15.0 Å². The highest BCUT2D eigenvalue weighted by atomic mass is 16.5. The monoisotopic (exact) mass is 332 g/mol. The number of hydrogen-bond donors (Lipinski definition) is 3. The van der Waals surface area contributed by atoms with Crippen LogP contribution in [-0.2, 0) is 0 Å². The molecule has 6 nitrogen and oxygen atoms in total. The predicted octanol–water partition coefficient (Wildman–Crippen LogP) is 4.08. The zero-order valence-electron chi connectivity index (χ0n) is 13.5. The van der Waals surface area contributed by atoms with Crippen LogP contribution in [0.1, 0.15) is 0 Å². The molecular weight excluding hydrogens is 316 g/mol. The molecule has 3 heterocycles. The molecule has 3 aromatic heterocycles. The van der Waals surface area contributed by atoms with Crippen LogP contribution in [0.25, 0.3) is 22.2 Å².